The fourth-order valence-corrected chi connectivity index (χ4v) is 5.18. The number of methoxy groups -OCH3 is 1. The molecule has 0 spiro atoms. The van der Waals surface area contributed by atoms with Gasteiger partial charge in [0.05, 0.1) is 6.61 Å². The summed E-state index contributed by atoms with van der Waals surface area (Å²) in [6, 6.07) is -0.115. The van der Waals surface area contributed by atoms with Gasteiger partial charge in [0.2, 0.25) is 0 Å². The standard InChI is InChI=1S/C15H25NO2/c1-18-9-13(16)5-14(17)15-6-10-2-11(7-15)4-12(3-10)8-15/h10-13H,2-9,16H2,1H3. The van der Waals surface area contributed by atoms with E-state index in [4.69, 9.17) is 10.5 Å². The third-order valence-corrected chi connectivity index (χ3v) is 5.46. The van der Waals surface area contributed by atoms with Crippen molar-refractivity contribution in [3.63, 3.8) is 0 Å². The number of carbonyl (C=O) groups is 1. The Balaban J connectivity index is 1.69. The smallest absolute Gasteiger partial charge is 0.140 e. The van der Waals surface area contributed by atoms with Crippen molar-refractivity contribution in [1.82, 2.24) is 0 Å². The first-order chi connectivity index (χ1) is 8.61. The lowest BCUT2D eigenvalue weighted by Crippen LogP contribution is -2.51. The number of rotatable bonds is 5. The monoisotopic (exact) mass is 251 g/mol. The Morgan fingerprint density at radius 2 is 1.72 bits per heavy atom. The molecule has 0 radical (unpaired) electrons. The highest BCUT2D eigenvalue weighted by Crippen LogP contribution is 2.60. The van der Waals surface area contributed by atoms with Crippen molar-refractivity contribution in [3.8, 4) is 0 Å². The van der Waals surface area contributed by atoms with Crippen molar-refractivity contribution in [2.24, 2.45) is 28.9 Å². The van der Waals surface area contributed by atoms with Gasteiger partial charge in [-0.1, -0.05) is 0 Å². The minimum atomic E-state index is -0.115. The summed E-state index contributed by atoms with van der Waals surface area (Å²) in [7, 11) is 1.65. The molecule has 4 aliphatic rings. The number of Topliss-reactive ketones (excluding diaryl/α,β-unsaturated/α-hetero) is 1. The summed E-state index contributed by atoms with van der Waals surface area (Å²) in [5.41, 5.74) is 5.97. The minimum Gasteiger partial charge on any atom is -0.383 e. The molecule has 3 heteroatoms. The summed E-state index contributed by atoms with van der Waals surface area (Å²) < 4.78 is 5.05. The van der Waals surface area contributed by atoms with Crippen molar-refractivity contribution in [3.05, 3.63) is 0 Å². The van der Waals surface area contributed by atoms with E-state index < -0.39 is 0 Å². The first-order valence-electron chi connectivity index (χ1n) is 7.39. The van der Waals surface area contributed by atoms with Crippen LogP contribution in [0.4, 0.5) is 0 Å². The maximum Gasteiger partial charge on any atom is 0.140 e. The average molecular weight is 251 g/mol. The maximum absolute atomic E-state index is 12.6. The molecule has 102 valence electrons. The number of ketones is 1. The van der Waals surface area contributed by atoms with Crippen LogP contribution in [0.5, 0.6) is 0 Å². The van der Waals surface area contributed by atoms with Gasteiger partial charge >= 0.3 is 0 Å². The molecule has 18 heavy (non-hydrogen) atoms. The van der Waals surface area contributed by atoms with E-state index in [1.165, 1.54) is 19.3 Å². The zero-order valence-corrected chi connectivity index (χ0v) is 11.4. The highest BCUT2D eigenvalue weighted by Gasteiger charge is 2.54. The molecule has 3 nitrogen and oxygen atoms in total. The van der Waals surface area contributed by atoms with Crippen molar-refractivity contribution in [2.75, 3.05) is 13.7 Å². The van der Waals surface area contributed by atoms with E-state index in [9.17, 15) is 4.79 Å². The van der Waals surface area contributed by atoms with Gasteiger partial charge < -0.3 is 10.5 Å². The molecule has 1 unspecified atom stereocenters. The van der Waals surface area contributed by atoms with Crippen LogP contribution in [-0.2, 0) is 9.53 Å². The Hall–Kier alpha value is -0.410. The van der Waals surface area contributed by atoms with Crippen LogP contribution in [0.1, 0.15) is 44.9 Å². The first-order valence-corrected chi connectivity index (χ1v) is 7.39. The van der Waals surface area contributed by atoms with E-state index in [1.54, 1.807) is 7.11 Å². The second-order valence-corrected chi connectivity index (χ2v) is 7.04. The van der Waals surface area contributed by atoms with Gasteiger partial charge in [-0.05, 0) is 56.3 Å². The van der Waals surface area contributed by atoms with Crippen LogP contribution in [0.3, 0.4) is 0 Å². The normalized spacial score (nSPS) is 43.1. The highest BCUT2D eigenvalue weighted by atomic mass is 16.5. The van der Waals surface area contributed by atoms with Gasteiger partial charge in [-0.15, -0.1) is 0 Å². The maximum atomic E-state index is 12.6. The van der Waals surface area contributed by atoms with E-state index in [2.05, 4.69) is 0 Å². The molecule has 0 aromatic heterocycles. The zero-order chi connectivity index (χ0) is 12.8. The lowest BCUT2D eigenvalue weighted by Gasteiger charge is -2.56. The van der Waals surface area contributed by atoms with E-state index >= 15 is 0 Å². The molecule has 2 N–H and O–H groups in total. The second kappa shape index (κ2) is 4.61. The third-order valence-electron chi connectivity index (χ3n) is 5.46. The molecular weight excluding hydrogens is 226 g/mol. The van der Waals surface area contributed by atoms with Crippen molar-refractivity contribution in [1.29, 1.82) is 0 Å². The molecule has 0 aromatic rings. The molecule has 4 saturated carbocycles. The third kappa shape index (κ3) is 2.12. The number of carbonyl (C=O) groups excluding carboxylic acids is 1. The summed E-state index contributed by atoms with van der Waals surface area (Å²) >= 11 is 0. The van der Waals surface area contributed by atoms with E-state index in [0.717, 1.165) is 37.0 Å². The number of hydrogen-bond acceptors (Lipinski definition) is 3. The Morgan fingerprint density at radius 1 is 1.22 bits per heavy atom. The van der Waals surface area contributed by atoms with Crippen LogP contribution >= 0.6 is 0 Å². The fourth-order valence-electron chi connectivity index (χ4n) is 5.18. The number of ether oxygens (including phenoxy) is 1. The molecule has 4 aliphatic carbocycles. The van der Waals surface area contributed by atoms with Gasteiger partial charge in [0.1, 0.15) is 5.78 Å². The zero-order valence-electron chi connectivity index (χ0n) is 11.4. The molecule has 4 fully saturated rings. The lowest BCUT2D eigenvalue weighted by molar-refractivity contribution is -0.144. The summed E-state index contributed by atoms with van der Waals surface area (Å²) in [5.74, 6) is 2.93. The fraction of sp³-hybridized carbons (Fsp3) is 0.933. The van der Waals surface area contributed by atoms with Crippen molar-refractivity contribution < 1.29 is 9.53 Å². The quantitative estimate of drug-likeness (QED) is 0.814. The van der Waals surface area contributed by atoms with E-state index in [-0.39, 0.29) is 11.5 Å². The van der Waals surface area contributed by atoms with Gasteiger partial charge in [0.15, 0.2) is 0 Å². The molecule has 1 atom stereocenters. The Kier molecular flexibility index (Phi) is 3.23. The van der Waals surface area contributed by atoms with Crippen LogP contribution in [0.2, 0.25) is 0 Å². The summed E-state index contributed by atoms with van der Waals surface area (Å²) in [4.78, 5) is 12.6. The Morgan fingerprint density at radius 3 is 2.17 bits per heavy atom. The molecule has 4 rings (SSSR count). The average Bonchev–Trinajstić information content (AvgIpc) is 2.27. The molecule has 0 heterocycles. The molecule has 0 amide bonds. The second-order valence-electron chi connectivity index (χ2n) is 7.04. The van der Waals surface area contributed by atoms with Gasteiger partial charge in [-0.25, -0.2) is 0 Å². The molecule has 4 bridgehead atoms. The molecular formula is C15H25NO2. The summed E-state index contributed by atoms with van der Waals surface area (Å²) in [6.07, 6.45) is 8.12. The van der Waals surface area contributed by atoms with Crippen LogP contribution in [0, 0.1) is 23.2 Å². The van der Waals surface area contributed by atoms with E-state index in [1.807, 2.05) is 0 Å². The van der Waals surface area contributed by atoms with Gasteiger partial charge in [0, 0.05) is 25.0 Å². The van der Waals surface area contributed by atoms with Crippen LogP contribution < -0.4 is 5.73 Å². The predicted octanol–water partition coefficient (Wildman–Crippen LogP) is 2.14. The van der Waals surface area contributed by atoms with Gasteiger partial charge in [0.25, 0.3) is 0 Å². The SMILES string of the molecule is COCC(N)CC(=O)C12CC3CC(CC(C3)C1)C2. The van der Waals surface area contributed by atoms with Crippen molar-refractivity contribution >= 4 is 5.78 Å². The summed E-state index contributed by atoms with van der Waals surface area (Å²) in [5, 5.41) is 0. The Labute approximate surface area is 109 Å². The minimum absolute atomic E-state index is 0.0140. The molecule has 0 saturated heterocycles. The largest absolute Gasteiger partial charge is 0.383 e. The topological polar surface area (TPSA) is 52.3 Å². The van der Waals surface area contributed by atoms with Gasteiger partial charge in [-0.3, -0.25) is 4.79 Å². The van der Waals surface area contributed by atoms with Crippen LogP contribution in [-0.4, -0.2) is 25.5 Å². The number of hydrogen-bond donors (Lipinski definition) is 1. The van der Waals surface area contributed by atoms with Crippen molar-refractivity contribution in [2.45, 2.75) is 51.0 Å². The predicted molar refractivity (Wildman–Crippen MR) is 70.1 cm³/mol. The number of nitrogens with two attached hydrogens (primary N) is 1. The molecule has 0 aliphatic heterocycles. The van der Waals surface area contributed by atoms with E-state index in [0.29, 0.717) is 18.8 Å². The Bertz CT molecular complexity index is 304. The lowest BCUT2D eigenvalue weighted by atomic mass is 9.48. The first kappa shape index (κ1) is 12.6. The van der Waals surface area contributed by atoms with Crippen LogP contribution in [0.15, 0.2) is 0 Å². The summed E-state index contributed by atoms with van der Waals surface area (Å²) in [6.45, 7) is 0.498. The van der Waals surface area contributed by atoms with Gasteiger partial charge in [-0.2, -0.15) is 0 Å². The molecule has 0 aromatic carbocycles. The highest BCUT2D eigenvalue weighted by molar-refractivity contribution is 5.85. The van der Waals surface area contributed by atoms with Crippen LogP contribution in [0.25, 0.3) is 0 Å².